The van der Waals surface area contributed by atoms with Crippen LogP contribution in [0.1, 0.15) is 50.7 Å². The van der Waals surface area contributed by atoms with Gasteiger partial charge in [-0.2, -0.15) is 5.10 Å². The molecule has 1 aliphatic rings. The highest BCUT2D eigenvalue weighted by atomic mass is 16.6. The molecule has 0 saturated carbocycles. The SMILES string of the molecule is Cc1[nH]nc2c1CCN(C(=O)OC(C)(C)C)[C@H]2C. The number of hydrogen-bond donors (Lipinski definition) is 1. The van der Waals surface area contributed by atoms with E-state index in [0.29, 0.717) is 6.54 Å². The summed E-state index contributed by atoms with van der Waals surface area (Å²) in [5, 5.41) is 7.28. The van der Waals surface area contributed by atoms with Crippen molar-refractivity contribution in [1.29, 1.82) is 0 Å². The second kappa shape index (κ2) is 4.30. The summed E-state index contributed by atoms with van der Waals surface area (Å²) in [6.07, 6.45) is 0.572. The predicted molar refractivity (Wildman–Crippen MR) is 68.4 cm³/mol. The number of fused-ring (bicyclic) bond motifs is 1. The minimum absolute atomic E-state index is 0.0338. The summed E-state index contributed by atoms with van der Waals surface area (Å²) in [5.41, 5.74) is 2.84. The van der Waals surface area contributed by atoms with Crippen molar-refractivity contribution in [2.45, 2.75) is 52.7 Å². The molecule has 18 heavy (non-hydrogen) atoms. The number of carbonyl (C=O) groups excluding carboxylic acids is 1. The molecule has 1 aromatic rings. The lowest BCUT2D eigenvalue weighted by atomic mass is 9.99. The van der Waals surface area contributed by atoms with Crippen molar-refractivity contribution in [3.05, 3.63) is 17.0 Å². The average molecular weight is 251 g/mol. The molecule has 0 aromatic carbocycles. The van der Waals surface area contributed by atoms with Gasteiger partial charge in [0.2, 0.25) is 0 Å². The fourth-order valence-electron chi connectivity index (χ4n) is 2.28. The van der Waals surface area contributed by atoms with Crippen LogP contribution < -0.4 is 0 Å². The van der Waals surface area contributed by atoms with Gasteiger partial charge in [0, 0.05) is 12.2 Å². The number of aromatic amines is 1. The van der Waals surface area contributed by atoms with Crippen molar-refractivity contribution in [2.75, 3.05) is 6.54 Å². The molecule has 0 bridgehead atoms. The van der Waals surface area contributed by atoms with E-state index in [2.05, 4.69) is 10.2 Å². The lowest BCUT2D eigenvalue weighted by Gasteiger charge is -2.34. The maximum atomic E-state index is 12.1. The van der Waals surface area contributed by atoms with Crippen LogP contribution >= 0.6 is 0 Å². The Morgan fingerprint density at radius 3 is 2.78 bits per heavy atom. The monoisotopic (exact) mass is 251 g/mol. The third kappa shape index (κ3) is 2.35. The molecular formula is C13H21N3O2. The van der Waals surface area contributed by atoms with Crippen LogP contribution in [0.3, 0.4) is 0 Å². The van der Waals surface area contributed by atoms with E-state index in [0.717, 1.165) is 17.8 Å². The fourth-order valence-corrected chi connectivity index (χ4v) is 2.28. The molecule has 1 atom stereocenters. The fraction of sp³-hybridized carbons (Fsp3) is 0.692. The van der Waals surface area contributed by atoms with Crippen LogP contribution in [-0.4, -0.2) is 33.3 Å². The molecule has 0 saturated heterocycles. The van der Waals surface area contributed by atoms with E-state index >= 15 is 0 Å². The number of hydrogen-bond acceptors (Lipinski definition) is 3. The van der Waals surface area contributed by atoms with Gasteiger partial charge < -0.3 is 4.74 Å². The molecule has 5 heteroatoms. The number of ether oxygens (including phenoxy) is 1. The normalized spacial score (nSPS) is 19.6. The molecule has 100 valence electrons. The van der Waals surface area contributed by atoms with Crippen LogP contribution in [0.4, 0.5) is 4.79 Å². The summed E-state index contributed by atoms with van der Waals surface area (Å²) in [4.78, 5) is 13.9. The minimum atomic E-state index is -0.460. The molecule has 1 N–H and O–H groups in total. The Hall–Kier alpha value is -1.52. The summed E-state index contributed by atoms with van der Waals surface area (Å²) >= 11 is 0. The first-order valence-corrected chi connectivity index (χ1v) is 6.33. The molecule has 0 spiro atoms. The number of nitrogens with one attached hydrogen (secondary N) is 1. The smallest absolute Gasteiger partial charge is 0.410 e. The van der Waals surface area contributed by atoms with Crippen molar-refractivity contribution in [3.63, 3.8) is 0 Å². The van der Waals surface area contributed by atoms with Crippen LogP contribution in [0.25, 0.3) is 0 Å². The molecule has 0 unspecified atom stereocenters. The lowest BCUT2D eigenvalue weighted by Crippen LogP contribution is -2.42. The van der Waals surface area contributed by atoms with Gasteiger partial charge in [0.15, 0.2) is 0 Å². The first-order valence-electron chi connectivity index (χ1n) is 6.33. The zero-order valence-corrected chi connectivity index (χ0v) is 11.7. The van der Waals surface area contributed by atoms with Gasteiger partial charge >= 0.3 is 6.09 Å². The molecule has 1 aromatic heterocycles. The Morgan fingerprint density at radius 2 is 2.17 bits per heavy atom. The molecule has 0 fully saturated rings. The topological polar surface area (TPSA) is 58.2 Å². The first kappa shape index (κ1) is 12.9. The molecule has 0 radical (unpaired) electrons. The summed E-state index contributed by atoms with van der Waals surface area (Å²) in [5.74, 6) is 0. The maximum Gasteiger partial charge on any atom is 0.410 e. The van der Waals surface area contributed by atoms with Crippen molar-refractivity contribution < 1.29 is 9.53 Å². The molecule has 1 amide bonds. The van der Waals surface area contributed by atoms with Crippen LogP contribution in [-0.2, 0) is 11.2 Å². The van der Waals surface area contributed by atoms with Crippen molar-refractivity contribution in [1.82, 2.24) is 15.1 Å². The van der Waals surface area contributed by atoms with Crippen molar-refractivity contribution >= 4 is 6.09 Å². The maximum absolute atomic E-state index is 12.1. The van der Waals surface area contributed by atoms with Gasteiger partial charge in [-0.05, 0) is 46.6 Å². The standard InChI is InChI=1S/C13H21N3O2/c1-8-10-6-7-16(9(2)11(10)15-14-8)12(17)18-13(3,4)5/h9H,6-7H2,1-5H3,(H,14,15)/t9-/m0/s1. The number of aromatic nitrogens is 2. The van der Waals surface area contributed by atoms with Gasteiger partial charge in [0.1, 0.15) is 5.60 Å². The van der Waals surface area contributed by atoms with E-state index in [1.54, 1.807) is 4.90 Å². The van der Waals surface area contributed by atoms with E-state index in [-0.39, 0.29) is 12.1 Å². The van der Waals surface area contributed by atoms with E-state index in [4.69, 9.17) is 4.74 Å². The number of H-pyrrole nitrogens is 1. The summed E-state index contributed by atoms with van der Waals surface area (Å²) in [7, 11) is 0. The summed E-state index contributed by atoms with van der Waals surface area (Å²) in [6, 6.07) is -0.0338. The second-order valence-corrected chi connectivity index (χ2v) is 5.81. The highest BCUT2D eigenvalue weighted by Crippen LogP contribution is 2.30. The Labute approximate surface area is 108 Å². The first-order chi connectivity index (χ1) is 8.29. The second-order valence-electron chi connectivity index (χ2n) is 5.81. The van der Waals surface area contributed by atoms with E-state index in [1.807, 2.05) is 34.6 Å². The van der Waals surface area contributed by atoms with E-state index in [1.165, 1.54) is 5.56 Å². The largest absolute Gasteiger partial charge is 0.444 e. The Morgan fingerprint density at radius 1 is 1.50 bits per heavy atom. The van der Waals surface area contributed by atoms with E-state index < -0.39 is 5.60 Å². The zero-order chi connectivity index (χ0) is 13.5. The lowest BCUT2D eigenvalue weighted by molar-refractivity contribution is 0.0156. The van der Waals surface area contributed by atoms with Crippen LogP contribution in [0.2, 0.25) is 0 Å². The Balaban J connectivity index is 2.17. The van der Waals surface area contributed by atoms with Crippen LogP contribution in [0.15, 0.2) is 0 Å². The highest BCUT2D eigenvalue weighted by molar-refractivity contribution is 5.69. The van der Waals surface area contributed by atoms with Gasteiger partial charge in [-0.3, -0.25) is 10.00 Å². The molecular weight excluding hydrogens is 230 g/mol. The zero-order valence-electron chi connectivity index (χ0n) is 11.7. The molecule has 1 aliphatic heterocycles. The number of aryl methyl sites for hydroxylation is 1. The van der Waals surface area contributed by atoms with E-state index in [9.17, 15) is 4.79 Å². The average Bonchev–Trinajstić information content (AvgIpc) is 2.59. The summed E-state index contributed by atoms with van der Waals surface area (Å²) < 4.78 is 5.42. The third-order valence-corrected chi connectivity index (χ3v) is 3.20. The number of amides is 1. The minimum Gasteiger partial charge on any atom is -0.444 e. The van der Waals surface area contributed by atoms with Crippen molar-refractivity contribution in [2.24, 2.45) is 0 Å². The third-order valence-electron chi connectivity index (χ3n) is 3.20. The Kier molecular flexibility index (Phi) is 3.09. The van der Waals surface area contributed by atoms with Gasteiger partial charge in [0.05, 0.1) is 11.7 Å². The summed E-state index contributed by atoms with van der Waals surface area (Å²) in [6.45, 7) is 10.3. The van der Waals surface area contributed by atoms with Gasteiger partial charge in [0.25, 0.3) is 0 Å². The molecule has 2 rings (SSSR count). The quantitative estimate of drug-likeness (QED) is 0.771. The predicted octanol–water partition coefficient (Wildman–Crippen LogP) is 2.57. The molecule has 0 aliphatic carbocycles. The van der Waals surface area contributed by atoms with Crippen LogP contribution in [0.5, 0.6) is 0 Å². The number of carbonyl (C=O) groups is 1. The van der Waals surface area contributed by atoms with Crippen molar-refractivity contribution in [3.8, 4) is 0 Å². The van der Waals surface area contributed by atoms with Gasteiger partial charge in [-0.25, -0.2) is 4.79 Å². The Bertz CT molecular complexity index is 459. The molecule has 2 heterocycles. The van der Waals surface area contributed by atoms with Crippen LogP contribution in [0, 0.1) is 6.92 Å². The number of nitrogens with zero attached hydrogens (tertiary/aromatic N) is 2. The highest BCUT2D eigenvalue weighted by Gasteiger charge is 2.33. The molecule has 5 nitrogen and oxygen atoms in total. The van der Waals surface area contributed by atoms with Gasteiger partial charge in [-0.1, -0.05) is 0 Å². The van der Waals surface area contributed by atoms with Gasteiger partial charge in [-0.15, -0.1) is 0 Å². The number of rotatable bonds is 0.